The molecule has 164 valence electrons. The predicted octanol–water partition coefficient (Wildman–Crippen LogP) is 4.28. The molecule has 7 atom stereocenters. The molecule has 29 heavy (non-hydrogen) atoms. The number of fused-ring (bicyclic) bond motifs is 1. The highest BCUT2D eigenvalue weighted by Gasteiger charge is 2.57. The number of aliphatic hydroxyl groups is 1. The highest BCUT2D eigenvalue weighted by molar-refractivity contribution is 5.66. The summed E-state index contributed by atoms with van der Waals surface area (Å²) in [5, 5.41) is 10.4. The minimum absolute atomic E-state index is 0.0508. The van der Waals surface area contributed by atoms with Gasteiger partial charge in [-0.3, -0.25) is 9.59 Å². The first-order valence-corrected chi connectivity index (χ1v) is 11.2. The SMILES string of the molecule is C=C1CCC2C(CO)C(C3(C)CCC(OC(C)=O)CC3COC(C)=O)CCC12C. The summed E-state index contributed by atoms with van der Waals surface area (Å²) in [7, 11) is 0. The predicted molar refractivity (Wildman–Crippen MR) is 111 cm³/mol. The van der Waals surface area contributed by atoms with E-state index in [0.29, 0.717) is 24.9 Å². The van der Waals surface area contributed by atoms with Crippen molar-refractivity contribution in [2.45, 2.75) is 78.7 Å². The van der Waals surface area contributed by atoms with Gasteiger partial charge in [-0.1, -0.05) is 26.0 Å². The third-order valence-corrected chi connectivity index (χ3v) is 8.75. The molecule has 0 spiro atoms. The molecule has 0 amide bonds. The van der Waals surface area contributed by atoms with E-state index in [1.54, 1.807) is 0 Å². The number of aliphatic hydroxyl groups excluding tert-OH is 1. The molecule has 0 aromatic carbocycles. The molecule has 3 rings (SSSR count). The summed E-state index contributed by atoms with van der Waals surface area (Å²) in [6, 6.07) is 0. The van der Waals surface area contributed by atoms with E-state index in [0.717, 1.165) is 38.5 Å². The molecule has 5 heteroatoms. The smallest absolute Gasteiger partial charge is 0.302 e. The Labute approximate surface area is 175 Å². The van der Waals surface area contributed by atoms with Crippen LogP contribution in [0.5, 0.6) is 0 Å². The molecule has 0 radical (unpaired) electrons. The Morgan fingerprint density at radius 1 is 1.10 bits per heavy atom. The molecule has 0 aliphatic heterocycles. The Hall–Kier alpha value is -1.36. The van der Waals surface area contributed by atoms with E-state index in [1.807, 2.05) is 0 Å². The maximum absolute atomic E-state index is 11.5. The van der Waals surface area contributed by atoms with E-state index in [4.69, 9.17) is 9.47 Å². The van der Waals surface area contributed by atoms with Crippen LogP contribution in [-0.2, 0) is 19.1 Å². The summed E-state index contributed by atoms with van der Waals surface area (Å²) in [5.41, 5.74) is 1.44. The lowest BCUT2D eigenvalue weighted by atomic mass is 9.49. The average molecular weight is 407 g/mol. The summed E-state index contributed by atoms with van der Waals surface area (Å²) in [6.45, 7) is 12.4. The van der Waals surface area contributed by atoms with Crippen LogP contribution in [0.3, 0.4) is 0 Å². The van der Waals surface area contributed by atoms with E-state index in [1.165, 1.54) is 19.4 Å². The van der Waals surface area contributed by atoms with Crippen molar-refractivity contribution in [3.63, 3.8) is 0 Å². The zero-order valence-electron chi connectivity index (χ0n) is 18.5. The van der Waals surface area contributed by atoms with Crippen molar-refractivity contribution in [1.82, 2.24) is 0 Å². The number of carbonyl (C=O) groups is 2. The van der Waals surface area contributed by atoms with Crippen molar-refractivity contribution in [2.75, 3.05) is 13.2 Å². The van der Waals surface area contributed by atoms with Gasteiger partial charge in [-0.05, 0) is 73.5 Å². The standard InChI is InChI=1S/C24H38O5/c1-15-6-7-21-20(13-25)22(9-11-23(15,21)4)24(5)10-8-19(29-17(3)27)12-18(24)14-28-16(2)26/h18-22,25H,1,6-14H2,2-5H3. The third-order valence-electron chi connectivity index (χ3n) is 8.75. The maximum atomic E-state index is 11.5. The van der Waals surface area contributed by atoms with Crippen LogP contribution in [0.4, 0.5) is 0 Å². The molecular formula is C24H38O5. The van der Waals surface area contributed by atoms with Gasteiger partial charge in [0.2, 0.25) is 0 Å². The molecule has 3 fully saturated rings. The Morgan fingerprint density at radius 2 is 1.83 bits per heavy atom. The number of carbonyl (C=O) groups excluding carboxylic acids is 2. The van der Waals surface area contributed by atoms with Crippen molar-refractivity contribution in [1.29, 1.82) is 0 Å². The normalized spacial score (nSPS) is 42.2. The molecule has 7 unspecified atom stereocenters. The lowest BCUT2D eigenvalue weighted by Crippen LogP contribution is -2.52. The van der Waals surface area contributed by atoms with Gasteiger partial charge in [0, 0.05) is 26.4 Å². The quantitative estimate of drug-likeness (QED) is 0.545. The van der Waals surface area contributed by atoms with Crippen LogP contribution in [0.2, 0.25) is 0 Å². The topological polar surface area (TPSA) is 72.8 Å². The van der Waals surface area contributed by atoms with Crippen LogP contribution in [0, 0.1) is 34.5 Å². The summed E-state index contributed by atoms with van der Waals surface area (Å²) in [5.74, 6) is 0.673. The first-order chi connectivity index (χ1) is 13.6. The van der Waals surface area contributed by atoms with Crippen LogP contribution in [-0.4, -0.2) is 36.4 Å². The molecule has 0 bridgehead atoms. The molecule has 0 aromatic heterocycles. The van der Waals surface area contributed by atoms with Gasteiger partial charge in [-0.2, -0.15) is 0 Å². The number of hydrogen-bond donors (Lipinski definition) is 1. The molecule has 0 saturated heterocycles. The van der Waals surface area contributed by atoms with Crippen molar-refractivity contribution in [3.8, 4) is 0 Å². The van der Waals surface area contributed by atoms with Crippen LogP contribution >= 0.6 is 0 Å². The first kappa shape index (κ1) is 22.3. The lowest BCUT2D eigenvalue weighted by Gasteiger charge is -2.56. The largest absolute Gasteiger partial charge is 0.466 e. The summed E-state index contributed by atoms with van der Waals surface area (Å²) in [6.07, 6.45) is 6.69. The zero-order chi connectivity index (χ0) is 21.4. The first-order valence-electron chi connectivity index (χ1n) is 11.2. The van der Waals surface area contributed by atoms with Gasteiger partial charge in [0.05, 0.1) is 6.61 Å². The summed E-state index contributed by atoms with van der Waals surface area (Å²) in [4.78, 5) is 23.0. The van der Waals surface area contributed by atoms with E-state index in [2.05, 4.69) is 20.4 Å². The van der Waals surface area contributed by atoms with Gasteiger partial charge in [-0.15, -0.1) is 0 Å². The molecular weight excluding hydrogens is 368 g/mol. The van der Waals surface area contributed by atoms with E-state index >= 15 is 0 Å². The van der Waals surface area contributed by atoms with Gasteiger partial charge in [0.25, 0.3) is 0 Å². The highest BCUT2D eigenvalue weighted by Crippen LogP contribution is 2.63. The molecule has 1 N–H and O–H groups in total. The fourth-order valence-corrected chi connectivity index (χ4v) is 6.95. The van der Waals surface area contributed by atoms with Gasteiger partial charge in [-0.25, -0.2) is 0 Å². The van der Waals surface area contributed by atoms with Crippen molar-refractivity contribution < 1.29 is 24.2 Å². The molecule has 3 saturated carbocycles. The minimum Gasteiger partial charge on any atom is -0.466 e. The Balaban J connectivity index is 1.85. The van der Waals surface area contributed by atoms with Gasteiger partial charge in [0.1, 0.15) is 6.10 Å². The Morgan fingerprint density at radius 3 is 2.45 bits per heavy atom. The van der Waals surface area contributed by atoms with Gasteiger partial charge in [0.15, 0.2) is 0 Å². The van der Waals surface area contributed by atoms with Crippen LogP contribution < -0.4 is 0 Å². The fourth-order valence-electron chi connectivity index (χ4n) is 6.95. The Bertz CT molecular complexity index is 658. The van der Waals surface area contributed by atoms with Crippen LogP contribution in [0.15, 0.2) is 12.2 Å². The fraction of sp³-hybridized carbons (Fsp3) is 0.833. The summed E-state index contributed by atoms with van der Waals surface area (Å²) >= 11 is 0. The maximum Gasteiger partial charge on any atom is 0.302 e. The molecule has 0 heterocycles. The van der Waals surface area contributed by atoms with Crippen molar-refractivity contribution in [3.05, 3.63) is 12.2 Å². The zero-order valence-corrected chi connectivity index (χ0v) is 18.5. The molecule has 0 aromatic rings. The number of allylic oxidation sites excluding steroid dienone is 1. The van der Waals surface area contributed by atoms with Crippen molar-refractivity contribution in [2.24, 2.45) is 34.5 Å². The second-order valence-corrected chi connectivity index (χ2v) is 10.2. The van der Waals surface area contributed by atoms with Crippen molar-refractivity contribution >= 4 is 11.9 Å². The molecule has 5 nitrogen and oxygen atoms in total. The highest BCUT2D eigenvalue weighted by atomic mass is 16.5. The van der Waals surface area contributed by atoms with Crippen LogP contribution in [0.1, 0.15) is 72.6 Å². The third kappa shape index (κ3) is 4.12. The van der Waals surface area contributed by atoms with Crippen LogP contribution in [0.25, 0.3) is 0 Å². The number of esters is 2. The monoisotopic (exact) mass is 406 g/mol. The molecule has 3 aliphatic carbocycles. The minimum atomic E-state index is -0.274. The van der Waals surface area contributed by atoms with E-state index in [-0.39, 0.29) is 47.3 Å². The molecule has 3 aliphatic rings. The van der Waals surface area contributed by atoms with Gasteiger partial charge >= 0.3 is 11.9 Å². The average Bonchev–Trinajstić information content (AvgIpc) is 2.96. The number of hydrogen-bond acceptors (Lipinski definition) is 5. The number of rotatable bonds is 5. The number of ether oxygens (including phenoxy) is 2. The second kappa shape index (κ2) is 8.41. The second-order valence-electron chi connectivity index (χ2n) is 10.2. The lowest BCUT2D eigenvalue weighted by molar-refractivity contribution is -0.162. The Kier molecular flexibility index (Phi) is 6.47. The van der Waals surface area contributed by atoms with E-state index in [9.17, 15) is 14.7 Å². The van der Waals surface area contributed by atoms with Gasteiger partial charge < -0.3 is 14.6 Å². The summed E-state index contributed by atoms with van der Waals surface area (Å²) < 4.78 is 11.0. The van der Waals surface area contributed by atoms with E-state index < -0.39 is 0 Å².